The highest BCUT2D eigenvalue weighted by Crippen LogP contribution is 2.29. The Kier molecular flexibility index (Phi) is 4.02. The van der Waals surface area contributed by atoms with Crippen molar-refractivity contribution in [3.63, 3.8) is 0 Å². The van der Waals surface area contributed by atoms with Gasteiger partial charge in [0.15, 0.2) is 11.0 Å². The van der Waals surface area contributed by atoms with Crippen LogP contribution in [0, 0.1) is 0 Å². The lowest BCUT2D eigenvalue weighted by atomic mass is 10.2. The van der Waals surface area contributed by atoms with Gasteiger partial charge in [-0.05, 0) is 19.3 Å². The van der Waals surface area contributed by atoms with Crippen molar-refractivity contribution in [1.82, 2.24) is 9.97 Å². The Hall–Kier alpha value is -1.07. The third-order valence-electron chi connectivity index (χ3n) is 3.11. The molecular formula is C11H17ClN4O. The van der Waals surface area contributed by atoms with Crippen LogP contribution in [0.2, 0.25) is 5.15 Å². The summed E-state index contributed by atoms with van der Waals surface area (Å²) < 4.78 is 5.34. The largest absolute Gasteiger partial charge is 0.383 e. The van der Waals surface area contributed by atoms with Crippen LogP contribution in [0.15, 0.2) is 6.33 Å². The monoisotopic (exact) mass is 256 g/mol. The maximum absolute atomic E-state index is 5.99. The van der Waals surface area contributed by atoms with E-state index in [1.54, 1.807) is 7.11 Å². The van der Waals surface area contributed by atoms with Crippen LogP contribution in [0.3, 0.4) is 0 Å². The summed E-state index contributed by atoms with van der Waals surface area (Å²) in [5.41, 5.74) is 0.745. The number of anilines is 2. The number of aromatic nitrogens is 2. The van der Waals surface area contributed by atoms with Gasteiger partial charge in [0.2, 0.25) is 0 Å². The minimum atomic E-state index is 0.350. The summed E-state index contributed by atoms with van der Waals surface area (Å²) in [5.74, 6) is 0.759. The first-order chi connectivity index (χ1) is 8.24. The molecule has 1 aliphatic rings. The van der Waals surface area contributed by atoms with Crippen LogP contribution in [0.4, 0.5) is 11.5 Å². The van der Waals surface area contributed by atoms with Gasteiger partial charge < -0.3 is 15.4 Å². The summed E-state index contributed by atoms with van der Waals surface area (Å²) >= 11 is 5.99. The molecule has 2 unspecified atom stereocenters. The molecule has 2 rings (SSSR count). The summed E-state index contributed by atoms with van der Waals surface area (Å²) in [6, 6.07) is 0.387. The molecule has 6 heteroatoms. The maximum atomic E-state index is 5.99. The molecule has 5 nitrogen and oxygen atoms in total. The second-order valence-corrected chi connectivity index (χ2v) is 4.51. The molecule has 0 bridgehead atoms. The predicted octanol–water partition coefficient (Wildman–Crippen LogP) is 2.15. The van der Waals surface area contributed by atoms with E-state index in [9.17, 15) is 0 Å². The molecule has 0 aliphatic heterocycles. The zero-order valence-corrected chi connectivity index (χ0v) is 10.8. The van der Waals surface area contributed by atoms with Crippen LogP contribution in [-0.4, -0.2) is 36.3 Å². The minimum absolute atomic E-state index is 0.350. The van der Waals surface area contributed by atoms with Gasteiger partial charge in [-0.15, -0.1) is 0 Å². The molecule has 94 valence electrons. The van der Waals surface area contributed by atoms with Gasteiger partial charge in [-0.25, -0.2) is 9.97 Å². The Morgan fingerprint density at radius 2 is 2.24 bits per heavy atom. The van der Waals surface area contributed by atoms with Gasteiger partial charge in [0.1, 0.15) is 12.0 Å². The molecule has 1 fully saturated rings. The van der Waals surface area contributed by atoms with E-state index in [0.717, 1.165) is 30.8 Å². The highest BCUT2D eigenvalue weighted by Gasteiger charge is 2.25. The van der Waals surface area contributed by atoms with Gasteiger partial charge in [0, 0.05) is 20.2 Å². The number of halogens is 1. The molecule has 0 aromatic carbocycles. The molecule has 17 heavy (non-hydrogen) atoms. The predicted molar refractivity (Wildman–Crippen MR) is 68.6 cm³/mol. The molecule has 1 aliphatic carbocycles. The smallest absolute Gasteiger partial charge is 0.157 e. The van der Waals surface area contributed by atoms with E-state index in [-0.39, 0.29) is 0 Å². The number of methoxy groups -OCH3 is 1. The van der Waals surface area contributed by atoms with Crippen LogP contribution in [-0.2, 0) is 4.74 Å². The molecule has 1 aromatic rings. The Labute approximate surface area is 106 Å². The zero-order valence-electron chi connectivity index (χ0n) is 10.0. The van der Waals surface area contributed by atoms with Crippen molar-refractivity contribution in [2.24, 2.45) is 0 Å². The normalized spacial score (nSPS) is 23.7. The van der Waals surface area contributed by atoms with Gasteiger partial charge >= 0.3 is 0 Å². The second kappa shape index (κ2) is 5.51. The van der Waals surface area contributed by atoms with Crippen LogP contribution in [0.25, 0.3) is 0 Å². The van der Waals surface area contributed by atoms with Crippen molar-refractivity contribution >= 4 is 23.1 Å². The average molecular weight is 257 g/mol. The molecule has 0 spiro atoms. The SMILES string of the molecule is CNc1c(Cl)ncnc1NC1CCC(OC)C1. The quantitative estimate of drug-likeness (QED) is 0.809. The van der Waals surface area contributed by atoms with Crippen molar-refractivity contribution in [3.8, 4) is 0 Å². The van der Waals surface area contributed by atoms with Crippen molar-refractivity contribution in [2.75, 3.05) is 24.8 Å². The topological polar surface area (TPSA) is 59.1 Å². The lowest BCUT2D eigenvalue weighted by molar-refractivity contribution is 0.108. The number of hydrogen-bond acceptors (Lipinski definition) is 5. The first kappa shape index (κ1) is 12.4. The lowest BCUT2D eigenvalue weighted by Crippen LogP contribution is -2.19. The Bertz CT molecular complexity index is 388. The van der Waals surface area contributed by atoms with Gasteiger partial charge in [0.05, 0.1) is 6.10 Å². The molecule has 1 heterocycles. The van der Waals surface area contributed by atoms with E-state index < -0.39 is 0 Å². The van der Waals surface area contributed by atoms with Crippen LogP contribution >= 0.6 is 11.6 Å². The highest BCUT2D eigenvalue weighted by atomic mass is 35.5. The molecule has 2 N–H and O–H groups in total. The third-order valence-corrected chi connectivity index (χ3v) is 3.40. The van der Waals surface area contributed by atoms with E-state index in [0.29, 0.717) is 17.3 Å². The fourth-order valence-corrected chi connectivity index (χ4v) is 2.40. The third kappa shape index (κ3) is 2.79. The summed E-state index contributed by atoms with van der Waals surface area (Å²) in [4.78, 5) is 8.16. The van der Waals surface area contributed by atoms with Crippen molar-refractivity contribution < 1.29 is 4.74 Å². The van der Waals surface area contributed by atoms with Crippen molar-refractivity contribution in [1.29, 1.82) is 0 Å². The van der Waals surface area contributed by atoms with Crippen LogP contribution in [0.1, 0.15) is 19.3 Å². The van der Waals surface area contributed by atoms with E-state index >= 15 is 0 Å². The molecule has 0 radical (unpaired) electrons. The summed E-state index contributed by atoms with van der Waals surface area (Å²) in [6.07, 6.45) is 4.99. The molecular weight excluding hydrogens is 240 g/mol. The van der Waals surface area contributed by atoms with E-state index in [1.165, 1.54) is 6.33 Å². The summed E-state index contributed by atoms with van der Waals surface area (Å²) in [7, 11) is 3.57. The van der Waals surface area contributed by atoms with Crippen LogP contribution < -0.4 is 10.6 Å². The maximum Gasteiger partial charge on any atom is 0.157 e. The van der Waals surface area contributed by atoms with Crippen molar-refractivity contribution in [3.05, 3.63) is 11.5 Å². The Balaban J connectivity index is 2.06. The van der Waals surface area contributed by atoms with Gasteiger partial charge in [-0.1, -0.05) is 11.6 Å². The zero-order chi connectivity index (χ0) is 12.3. The first-order valence-corrected chi connectivity index (χ1v) is 6.10. The number of rotatable bonds is 4. The van der Waals surface area contributed by atoms with Crippen LogP contribution in [0.5, 0.6) is 0 Å². The van der Waals surface area contributed by atoms with Gasteiger partial charge in [-0.3, -0.25) is 0 Å². The summed E-state index contributed by atoms with van der Waals surface area (Å²) in [6.45, 7) is 0. The van der Waals surface area contributed by atoms with Crippen molar-refractivity contribution in [2.45, 2.75) is 31.4 Å². The Morgan fingerprint density at radius 3 is 2.88 bits per heavy atom. The summed E-state index contributed by atoms with van der Waals surface area (Å²) in [5, 5.41) is 6.84. The second-order valence-electron chi connectivity index (χ2n) is 4.15. The van der Waals surface area contributed by atoms with E-state index in [4.69, 9.17) is 16.3 Å². The lowest BCUT2D eigenvalue weighted by Gasteiger charge is -2.16. The fourth-order valence-electron chi connectivity index (χ4n) is 2.17. The van der Waals surface area contributed by atoms with E-state index in [1.807, 2.05) is 7.05 Å². The molecule has 0 amide bonds. The molecule has 2 atom stereocenters. The standard InChI is InChI=1S/C11H17ClN4O/c1-13-9-10(12)14-6-15-11(9)16-7-3-4-8(5-7)17-2/h6-8,13H,3-5H2,1-2H3,(H,14,15,16). The number of hydrogen-bond donors (Lipinski definition) is 2. The fraction of sp³-hybridized carbons (Fsp3) is 0.636. The highest BCUT2D eigenvalue weighted by molar-refractivity contribution is 6.32. The molecule has 1 saturated carbocycles. The van der Waals surface area contributed by atoms with Gasteiger partial charge in [-0.2, -0.15) is 0 Å². The van der Waals surface area contributed by atoms with E-state index in [2.05, 4.69) is 20.6 Å². The van der Waals surface area contributed by atoms with Gasteiger partial charge in [0.25, 0.3) is 0 Å². The molecule has 1 aromatic heterocycles. The first-order valence-electron chi connectivity index (χ1n) is 5.72. The number of ether oxygens (including phenoxy) is 1. The molecule has 0 saturated heterocycles. The average Bonchev–Trinajstić information content (AvgIpc) is 2.77. The minimum Gasteiger partial charge on any atom is -0.383 e. The number of nitrogens with zero attached hydrogens (tertiary/aromatic N) is 2. The Morgan fingerprint density at radius 1 is 1.41 bits per heavy atom. The number of nitrogens with one attached hydrogen (secondary N) is 2.